The molecule has 3 amide bonds. The molecule has 6 nitrogen and oxygen atoms in total. The fraction of sp³-hybridized carbons (Fsp3) is 0.680. The van der Waals surface area contributed by atoms with E-state index in [2.05, 4.69) is 34.6 Å². The van der Waals surface area contributed by atoms with Crippen LogP contribution in [0, 0.1) is 0 Å². The zero-order chi connectivity index (χ0) is 22.3. The molecule has 0 saturated carbocycles. The van der Waals surface area contributed by atoms with Gasteiger partial charge < -0.3 is 20.4 Å². The van der Waals surface area contributed by atoms with Crippen molar-refractivity contribution in [2.75, 3.05) is 42.9 Å². The second kappa shape index (κ2) is 14.7. The molecule has 1 heterocycles. The van der Waals surface area contributed by atoms with Gasteiger partial charge in [0.2, 0.25) is 5.91 Å². The number of benzene rings is 1. The number of amides is 3. The Morgan fingerprint density at radius 3 is 1.97 bits per heavy atom. The Bertz CT molecular complexity index is 639. The second-order valence-corrected chi connectivity index (χ2v) is 8.48. The maximum atomic E-state index is 12.2. The van der Waals surface area contributed by atoms with E-state index in [4.69, 9.17) is 0 Å². The van der Waals surface area contributed by atoms with Gasteiger partial charge in [-0.2, -0.15) is 0 Å². The van der Waals surface area contributed by atoms with Gasteiger partial charge in [0.05, 0.1) is 0 Å². The summed E-state index contributed by atoms with van der Waals surface area (Å²) in [4.78, 5) is 28.3. The number of anilines is 2. The van der Waals surface area contributed by atoms with Crippen LogP contribution in [0.3, 0.4) is 0 Å². The average molecular weight is 431 g/mol. The van der Waals surface area contributed by atoms with Gasteiger partial charge in [-0.25, -0.2) is 4.79 Å². The van der Waals surface area contributed by atoms with Gasteiger partial charge in [-0.15, -0.1) is 0 Å². The van der Waals surface area contributed by atoms with E-state index < -0.39 is 0 Å². The smallest absolute Gasteiger partial charge is 0.317 e. The largest absolute Gasteiger partial charge is 0.368 e. The van der Waals surface area contributed by atoms with E-state index in [-0.39, 0.29) is 11.9 Å². The predicted octanol–water partition coefficient (Wildman–Crippen LogP) is 5.40. The first-order valence-electron chi connectivity index (χ1n) is 12.3. The molecule has 1 aromatic carbocycles. The number of nitrogens with zero attached hydrogens (tertiary/aromatic N) is 2. The maximum Gasteiger partial charge on any atom is 0.317 e. The number of hydrogen-bond acceptors (Lipinski definition) is 3. The minimum Gasteiger partial charge on any atom is -0.368 e. The van der Waals surface area contributed by atoms with Gasteiger partial charge in [0.1, 0.15) is 0 Å². The number of carbonyl (C=O) groups excluding carboxylic acids is 2. The third-order valence-electron chi connectivity index (χ3n) is 5.92. The number of rotatable bonds is 13. The highest BCUT2D eigenvalue weighted by Crippen LogP contribution is 2.20. The lowest BCUT2D eigenvalue weighted by Crippen LogP contribution is -2.51. The molecule has 1 aliphatic heterocycles. The lowest BCUT2D eigenvalue weighted by Gasteiger charge is -2.36. The van der Waals surface area contributed by atoms with Crippen LogP contribution >= 0.6 is 0 Å². The van der Waals surface area contributed by atoms with E-state index in [1.807, 2.05) is 24.0 Å². The molecule has 1 aliphatic rings. The molecular formula is C25H42N4O2. The summed E-state index contributed by atoms with van der Waals surface area (Å²) in [6.45, 7) is 7.93. The van der Waals surface area contributed by atoms with Crippen LogP contribution in [-0.2, 0) is 4.79 Å². The van der Waals surface area contributed by atoms with Crippen LogP contribution in [0.25, 0.3) is 0 Å². The molecule has 1 aromatic rings. The molecule has 0 atom stereocenters. The standard InChI is InChI=1S/C25H42N4O2/c1-3-5-6-7-8-9-10-11-12-13-24(30)27-22-14-16-23(17-15-22)28-18-20-29(21-19-28)25(31)26-4-2/h14-17H,3-13,18-21H2,1-2H3,(H,26,31)(H,27,30). The summed E-state index contributed by atoms with van der Waals surface area (Å²) in [6.07, 6.45) is 11.9. The van der Waals surface area contributed by atoms with Crippen LogP contribution in [0.4, 0.5) is 16.2 Å². The number of unbranched alkanes of at least 4 members (excludes halogenated alkanes) is 8. The molecule has 2 N–H and O–H groups in total. The first-order chi connectivity index (χ1) is 15.1. The minimum atomic E-state index is 0.0205. The fourth-order valence-electron chi connectivity index (χ4n) is 4.01. The molecule has 1 saturated heterocycles. The molecule has 0 spiro atoms. The highest BCUT2D eigenvalue weighted by atomic mass is 16.2. The Morgan fingerprint density at radius 1 is 0.806 bits per heavy atom. The predicted molar refractivity (Wildman–Crippen MR) is 130 cm³/mol. The highest BCUT2D eigenvalue weighted by Gasteiger charge is 2.20. The lowest BCUT2D eigenvalue weighted by atomic mass is 10.1. The monoisotopic (exact) mass is 430 g/mol. The number of nitrogens with one attached hydrogen (secondary N) is 2. The van der Waals surface area contributed by atoms with Crippen molar-refractivity contribution in [2.24, 2.45) is 0 Å². The summed E-state index contributed by atoms with van der Waals surface area (Å²) >= 11 is 0. The minimum absolute atomic E-state index is 0.0205. The van der Waals surface area contributed by atoms with Gasteiger partial charge in [0, 0.05) is 50.5 Å². The molecule has 0 radical (unpaired) electrons. The van der Waals surface area contributed by atoms with Crippen molar-refractivity contribution in [3.8, 4) is 0 Å². The number of piperazine rings is 1. The third-order valence-corrected chi connectivity index (χ3v) is 5.92. The molecule has 1 fully saturated rings. The van der Waals surface area contributed by atoms with E-state index in [9.17, 15) is 9.59 Å². The van der Waals surface area contributed by atoms with Crippen LogP contribution in [0.1, 0.15) is 78.1 Å². The number of hydrogen-bond donors (Lipinski definition) is 2. The first-order valence-corrected chi connectivity index (χ1v) is 12.3. The number of urea groups is 1. The van der Waals surface area contributed by atoms with E-state index >= 15 is 0 Å². The molecule has 0 bridgehead atoms. The molecule has 0 unspecified atom stereocenters. The topological polar surface area (TPSA) is 64.7 Å². The van der Waals surface area contributed by atoms with Crippen molar-refractivity contribution < 1.29 is 9.59 Å². The van der Waals surface area contributed by atoms with Gasteiger partial charge in [-0.05, 0) is 37.6 Å². The van der Waals surface area contributed by atoms with Crippen molar-refractivity contribution in [1.82, 2.24) is 10.2 Å². The zero-order valence-electron chi connectivity index (χ0n) is 19.6. The van der Waals surface area contributed by atoms with Crippen LogP contribution in [-0.4, -0.2) is 49.6 Å². The molecule has 0 aliphatic carbocycles. The summed E-state index contributed by atoms with van der Waals surface area (Å²) in [5.74, 6) is 0.103. The van der Waals surface area contributed by atoms with Crippen LogP contribution in [0.15, 0.2) is 24.3 Å². The highest BCUT2D eigenvalue weighted by molar-refractivity contribution is 5.90. The van der Waals surface area contributed by atoms with Crippen molar-refractivity contribution in [3.63, 3.8) is 0 Å². The van der Waals surface area contributed by atoms with Gasteiger partial charge in [0.25, 0.3) is 0 Å². The van der Waals surface area contributed by atoms with Gasteiger partial charge in [-0.3, -0.25) is 4.79 Å². The maximum absolute atomic E-state index is 12.2. The van der Waals surface area contributed by atoms with E-state index in [0.29, 0.717) is 13.0 Å². The lowest BCUT2D eigenvalue weighted by molar-refractivity contribution is -0.116. The Morgan fingerprint density at radius 2 is 1.39 bits per heavy atom. The molecule has 174 valence electrons. The summed E-state index contributed by atoms with van der Waals surface area (Å²) < 4.78 is 0. The molecule has 0 aromatic heterocycles. The SMILES string of the molecule is CCCCCCCCCCCC(=O)Nc1ccc(N2CCN(C(=O)NCC)CC2)cc1. The summed E-state index contributed by atoms with van der Waals surface area (Å²) in [5.41, 5.74) is 1.98. The van der Waals surface area contributed by atoms with Crippen LogP contribution in [0.5, 0.6) is 0 Å². The average Bonchev–Trinajstić information content (AvgIpc) is 2.79. The van der Waals surface area contributed by atoms with E-state index in [1.54, 1.807) is 0 Å². The quantitative estimate of drug-likeness (QED) is 0.412. The summed E-state index contributed by atoms with van der Waals surface area (Å²) in [5, 5.41) is 5.87. The normalized spacial score (nSPS) is 13.9. The first kappa shape index (κ1) is 25.0. The van der Waals surface area contributed by atoms with E-state index in [1.165, 1.54) is 44.9 Å². The van der Waals surface area contributed by atoms with Crippen LogP contribution in [0.2, 0.25) is 0 Å². The molecular weight excluding hydrogens is 388 g/mol. The van der Waals surface area contributed by atoms with E-state index in [0.717, 1.165) is 50.4 Å². The van der Waals surface area contributed by atoms with Crippen molar-refractivity contribution in [3.05, 3.63) is 24.3 Å². The zero-order valence-corrected chi connectivity index (χ0v) is 19.6. The Balaban J connectivity index is 1.60. The van der Waals surface area contributed by atoms with Crippen LogP contribution < -0.4 is 15.5 Å². The van der Waals surface area contributed by atoms with Crippen molar-refractivity contribution in [2.45, 2.75) is 78.1 Å². The number of carbonyl (C=O) groups is 2. The Kier molecular flexibility index (Phi) is 11.9. The molecule has 31 heavy (non-hydrogen) atoms. The van der Waals surface area contributed by atoms with Crippen molar-refractivity contribution in [1.29, 1.82) is 0 Å². The third kappa shape index (κ3) is 9.62. The van der Waals surface area contributed by atoms with Gasteiger partial charge in [-0.1, -0.05) is 58.3 Å². The Hall–Kier alpha value is -2.24. The Labute approximate surface area is 188 Å². The van der Waals surface area contributed by atoms with Crippen molar-refractivity contribution >= 4 is 23.3 Å². The summed E-state index contributed by atoms with van der Waals surface area (Å²) in [6, 6.07) is 8.07. The summed E-state index contributed by atoms with van der Waals surface area (Å²) in [7, 11) is 0. The second-order valence-electron chi connectivity index (χ2n) is 8.48. The van der Waals surface area contributed by atoms with Gasteiger partial charge >= 0.3 is 6.03 Å². The molecule has 2 rings (SSSR count). The fourth-order valence-corrected chi connectivity index (χ4v) is 4.01. The van der Waals surface area contributed by atoms with Gasteiger partial charge in [0.15, 0.2) is 0 Å². The molecule has 6 heteroatoms.